The molecule has 0 aromatic carbocycles. The Kier molecular flexibility index (Phi) is 3.37. The van der Waals surface area contributed by atoms with Gasteiger partial charge in [-0.25, -0.2) is 4.79 Å². The molecule has 4 heteroatoms. The van der Waals surface area contributed by atoms with E-state index in [1.54, 1.807) is 11.8 Å². The van der Waals surface area contributed by atoms with E-state index in [1.165, 1.54) is 0 Å². The van der Waals surface area contributed by atoms with Gasteiger partial charge in [-0.1, -0.05) is 13.8 Å². The van der Waals surface area contributed by atoms with Crippen LogP contribution in [-0.2, 0) is 4.74 Å². The summed E-state index contributed by atoms with van der Waals surface area (Å²) in [6.07, 6.45) is 0.380. The topological polar surface area (TPSA) is 49.8 Å². The Bertz CT molecular complexity index is 213. The van der Waals surface area contributed by atoms with Crippen molar-refractivity contribution in [2.45, 2.75) is 32.8 Å². The molecule has 0 saturated carbocycles. The van der Waals surface area contributed by atoms with Gasteiger partial charge < -0.3 is 14.7 Å². The predicted molar refractivity (Wildman–Crippen MR) is 53.0 cm³/mol. The van der Waals surface area contributed by atoms with Gasteiger partial charge in [0.2, 0.25) is 0 Å². The van der Waals surface area contributed by atoms with Gasteiger partial charge in [-0.15, -0.1) is 0 Å². The maximum absolute atomic E-state index is 11.1. The Morgan fingerprint density at radius 1 is 1.64 bits per heavy atom. The Morgan fingerprint density at radius 3 is 2.71 bits per heavy atom. The van der Waals surface area contributed by atoms with E-state index < -0.39 is 5.60 Å². The summed E-state index contributed by atoms with van der Waals surface area (Å²) in [6.45, 7) is 7.26. The molecule has 0 spiro atoms. The fourth-order valence-corrected chi connectivity index (χ4v) is 1.92. The van der Waals surface area contributed by atoms with Gasteiger partial charge in [-0.05, 0) is 19.3 Å². The smallest absolute Gasteiger partial charge is 0.410 e. The molecule has 1 amide bonds. The Balaban J connectivity index is 2.45. The minimum absolute atomic E-state index is 0.311. The molecular formula is C10H19NO3. The normalized spacial score (nSPS) is 21.2. The SMILES string of the molecule is CC(C)CC(C)(O)CN1CCOC1=O. The van der Waals surface area contributed by atoms with E-state index in [4.69, 9.17) is 4.74 Å². The fourth-order valence-electron chi connectivity index (χ4n) is 1.92. The second-order valence-electron chi connectivity index (χ2n) is 4.63. The first-order chi connectivity index (χ1) is 6.41. The number of cyclic esters (lactones) is 1. The zero-order chi connectivity index (χ0) is 10.8. The van der Waals surface area contributed by atoms with Crippen LogP contribution in [0.2, 0.25) is 0 Å². The third-order valence-electron chi connectivity index (χ3n) is 2.22. The summed E-state index contributed by atoms with van der Waals surface area (Å²) in [5, 5.41) is 10.0. The van der Waals surface area contributed by atoms with Crippen molar-refractivity contribution in [3.8, 4) is 0 Å². The Hall–Kier alpha value is -0.770. The fraction of sp³-hybridized carbons (Fsp3) is 0.900. The van der Waals surface area contributed by atoms with Crippen molar-refractivity contribution in [1.29, 1.82) is 0 Å². The molecule has 0 bridgehead atoms. The van der Waals surface area contributed by atoms with Crippen molar-refractivity contribution in [2.24, 2.45) is 5.92 Å². The summed E-state index contributed by atoms with van der Waals surface area (Å²) in [4.78, 5) is 12.7. The zero-order valence-electron chi connectivity index (χ0n) is 9.12. The highest BCUT2D eigenvalue weighted by atomic mass is 16.6. The molecule has 82 valence electrons. The number of aliphatic hydroxyl groups is 1. The van der Waals surface area contributed by atoms with Gasteiger partial charge in [0.1, 0.15) is 6.61 Å². The molecule has 1 atom stereocenters. The van der Waals surface area contributed by atoms with E-state index in [9.17, 15) is 9.90 Å². The molecule has 14 heavy (non-hydrogen) atoms. The van der Waals surface area contributed by atoms with Crippen molar-refractivity contribution >= 4 is 6.09 Å². The van der Waals surface area contributed by atoms with Crippen LogP contribution >= 0.6 is 0 Å². The maximum atomic E-state index is 11.1. The van der Waals surface area contributed by atoms with Crippen molar-refractivity contribution in [2.75, 3.05) is 19.7 Å². The Labute approximate surface area is 84.8 Å². The zero-order valence-corrected chi connectivity index (χ0v) is 9.12. The highest BCUT2D eigenvalue weighted by Crippen LogP contribution is 2.19. The minimum atomic E-state index is -0.808. The largest absolute Gasteiger partial charge is 0.448 e. The van der Waals surface area contributed by atoms with Gasteiger partial charge in [0.05, 0.1) is 18.7 Å². The lowest BCUT2D eigenvalue weighted by Gasteiger charge is -2.28. The summed E-state index contributed by atoms with van der Waals surface area (Å²) in [5.74, 6) is 0.420. The monoisotopic (exact) mass is 201 g/mol. The number of hydrogen-bond donors (Lipinski definition) is 1. The van der Waals surface area contributed by atoms with Crippen LogP contribution in [0.1, 0.15) is 27.2 Å². The van der Waals surface area contributed by atoms with E-state index in [-0.39, 0.29) is 6.09 Å². The Morgan fingerprint density at radius 2 is 2.29 bits per heavy atom. The highest BCUT2D eigenvalue weighted by molar-refractivity contribution is 5.69. The molecule has 0 aromatic rings. The molecule has 1 heterocycles. The summed E-state index contributed by atoms with van der Waals surface area (Å²) in [7, 11) is 0. The van der Waals surface area contributed by atoms with Crippen LogP contribution in [0.15, 0.2) is 0 Å². The number of hydrogen-bond acceptors (Lipinski definition) is 3. The molecule has 4 nitrogen and oxygen atoms in total. The average molecular weight is 201 g/mol. The maximum Gasteiger partial charge on any atom is 0.410 e. The van der Waals surface area contributed by atoms with E-state index in [0.29, 0.717) is 32.0 Å². The second kappa shape index (κ2) is 4.17. The summed E-state index contributed by atoms with van der Waals surface area (Å²) >= 11 is 0. The summed E-state index contributed by atoms with van der Waals surface area (Å²) in [6, 6.07) is 0. The van der Waals surface area contributed by atoms with Crippen LogP contribution in [0.4, 0.5) is 4.79 Å². The molecule has 1 rings (SSSR count). The number of ether oxygens (including phenoxy) is 1. The third kappa shape index (κ3) is 3.18. The number of nitrogens with zero attached hydrogens (tertiary/aromatic N) is 1. The summed E-state index contributed by atoms with van der Waals surface area (Å²) < 4.78 is 4.79. The number of carbonyl (C=O) groups is 1. The van der Waals surface area contributed by atoms with E-state index >= 15 is 0 Å². The van der Waals surface area contributed by atoms with Gasteiger partial charge in [0, 0.05) is 0 Å². The van der Waals surface area contributed by atoms with Gasteiger partial charge in [-0.2, -0.15) is 0 Å². The first kappa shape index (κ1) is 11.3. The first-order valence-electron chi connectivity index (χ1n) is 5.05. The molecule has 1 aliphatic rings. The van der Waals surface area contributed by atoms with Gasteiger partial charge >= 0.3 is 6.09 Å². The number of rotatable bonds is 4. The molecule has 1 fully saturated rings. The number of carbonyl (C=O) groups excluding carboxylic acids is 1. The van der Waals surface area contributed by atoms with Crippen LogP contribution < -0.4 is 0 Å². The highest BCUT2D eigenvalue weighted by Gasteiger charge is 2.31. The second-order valence-corrected chi connectivity index (χ2v) is 4.63. The van der Waals surface area contributed by atoms with Crippen LogP contribution in [0.25, 0.3) is 0 Å². The number of amides is 1. The lowest BCUT2D eigenvalue weighted by Crippen LogP contribution is -2.42. The van der Waals surface area contributed by atoms with Gasteiger partial charge in [0.15, 0.2) is 0 Å². The molecule has 1 unspecified atom stereocenters. The third-order valence-corrected chi connectivity index (χ3v) is 2.22. The van der Waals surface area contributed by atoms with E-state index in [2.05, 4.69) is 13.8 Å². The molecule has 0 radical (unpaired) electrons. The predicted octanol–water partition coefficient (Wildman–Crippen LogP) is 1.24. The van der Waals surface area contributed by atoms with Crippen LogP contribution in [0.5, 0.6) is 0 Å². The average Bonchev–Trinajstić information content (AvgIpc) is 2.32. The van der Waals surface area contributed by atoms with Crippen molar-refractivity contribution in [3.05, 3.63) is 0 Å². The van der Waals surface area contributed by atoms with Crippen molar-refractivity contribution in [1.82, 2.24) is 4.90 Å². The minimum Gasteiger partial charge on any atom is -0.448 e. The standard InChI is InChI=1S/C10H19NO3/c1-8(2)6-10(3,13)7-11-4-5-14-9(11)12/h8,13H,4-7H2,1-3H3. The van der Waals surface area contributed by atoms with Crippen molar-refractivity contribution in [3.63, 3.8) is 0 Å². The lowest BCUT2D eigenvalue weighted by molar-refractivity contribution is 0.0144. The molecule has 1 N–H and O–H groups in total. The van der Waals surface area contributed by atoms with Gasteiger partial charge in [-0.3, -0.25) is 0 Å². The quantitative estimate of drug-likeness (QED) is 0.744. The molecule has 1 aliphatic heterocycles. The van der Waals surface area contributed by atoms with Gasteiger partial charge in [0.25, 0.3) is 0 Å². The van der Waals surface area contributed by atoms with Crippen LogP contribution in [-0.4, -0.2) is 41.4 Å². The lowest BCUT2D eigenvalue weighted by atomic mass is 9.94. The van der Waals surface area contributed by atoms with Crippen LogP contribution in [0, 0.1) is 5.92 Å². The molecule has 1 saturated heterocycles. The van der Waals surface area contributed by atoms with Crippen molar-refractivity contribution < 1.29 is 14.6 Å². The molecule has 0 aliphatic carbocycles. The molecule has 0 aromatic heterocycles. The van der Waals surface area contributed by atoms with E-state index in [0.717, 1.165) is 0 Å². The summed E-state index contributed by atoms with van der Waals surface area (Å²) in [5.41, 5.74) is -0.808. The van der Waals surface area contributed by atoms with E-state index in [1.807, 2.05) is 0 Å². The first-order valence-corrected chi connectivity index (χ1v) is 5.05. The molecular weight excluding hydrogens is 182 g/mol. The number of β-amino-alcohol motifs (C(OH)–C–C–N with tert-alkyl or cyclic N) is 1. The van der Waals surface area contributed by atoms with Crippen LogP contribution in [0.3, 0.4) is 0 Å².